The zero-order chi connectivity index (χ0) is 30.1. The third-order valence-corrected chi connectivity index (χ3v) is 10.2. The van der Waals surface area contributed by atoms with E-state index in [4.69, 9.17) is 15.7 Å². The Morgan fingerprint density at radius 2 is 1.81 bits per heavy atom. The minimum absolute atomic E-state index is 0.0452. The monoisotopic (exact) mass is 589 g/mol. The molecule has 3 aromatic heterocycles. The number of fused-ring (bicyclic) bond motifs is 5. The second-order valence-corrected chi connectivity index (χ2v) is 15.3. The zero-order valence-electron chi connectivity index (χ0n) is 24.8. The van der Waals surface area contributed by atoms with Crippen molar-refractivity contribution in [2.75, 3.05) is 16.8 Å². The number of sulfonamides is 1. The van der Waals surface area contributed by atoms with E-state index in [2.05, 4.69) is 54.5 Å². The number of anilines is 2. The van der Waals surface area contributed by atoms with Crippen molar-refractivity contribution in [1.82, 2.24) is 19.7 Å². The van der Waals surface area contributed by atoms with Gasteiger partial charge in [-0.15, -0.1) is 0 Å². The largest absolute Gasteiger partial charge is 0.362 e. The average molecular weight is 590 g/mol. The lowest BCUT2D eigenvalue weighted by atomic mass is 9.90. The summed E-state index contributed by atoms with van der Waals surface area (Å²) in [4.78, 5) is 30.1. The van der Waals surface area contributed by atoms with Crippen LogP contribution < -0.4 is 20.7 Å². The van der Waals surface area contributed by atoms with E-state index in [-0.39, 0.29) is 33.0 Å². The number of aromatic nitrogens is 3. The van der Waals surface area contributed by atoms with Crippen molar-refractivity contribution in [3.8, 4) is 0 Å². The summed E-state index contributed by atoms with van der Waals surface area (Å²) < 4.78 is 29.2. The maximum absolute atomic E-state index is 13.7. The fourth-order valence-electron chi connectivity index (χ4n) is 6.72. The van der Waals surface area contributed by atoms with Crippen LogP contribution in [0.5, 0.6) is 0 Å². The van der Waals surface area contributed by atoms with Crippen molar-refractivity contribution in [2.45, 2.75) is 82.4 Å². The molecule has 1 aliphatic carbocycles. The number of pyridine rings is 3. The fraction of sp³-hybridized carbons (Fsp3) is 0.484. The Balaban J connectivity index is 1.49. The van der Waals surface area contributed by atoms with Crippen molar-refractivity contribution >= 4 is 27.6 Å². The molecule has 6 rings (SSSR count). The minimum atomic E-state index is -4.28. The molecule has 2 fully saturated rings. The number of hydrogen-bond donors (Lipinski definition) is 3. The van der Waals surface area contributed by atoms with Crippen LogP contribution in [0.2, 0.25) is 0 Å². The van der Waals surface area contributed by atoms with E-state index < -0.39 is 15.9 Å². The molecule has 5 heterocycles. The minimum Gasteiger partial charge on any atom is -0.362 e. The smallest absolute Gasteiger partial charge is 0.281 e. The standard InChI is InChI=1S/C31H39N7O3S/c1-29(2,3)24-13-12-21-27(35-24)38-18-31(17-30(38,4)5)15-19(31)14-23(22-9-6-8-20(16-32)33-22)34-25-10-7-11-26(36-25)42(40,41)37-28(21)39/h6-13,19,23H,14-18,32H2,1-5H3,(H,34,36)(H,37,39)/t19?,23-,31?/m1/s1. The number of nitrogens with one attached hydrogen (secondary N) is 2. The molecule has 10 nitrogen and oxygen atoms in total. The van der Waals surface area contributed by atoms with E-state index in [0.717, 1.165) is 42.9 Å². The molecule has 42 heavy (non-hydrogen) atoms. The van der Waals surface area contributed by atoms with Gasteiger partial charge in [0.05, 0.1) is 23.0 Å². The highest BCUT2D eigenvalue weighted by Gasteiger charge is 2.63. The molecule has 3 atom stereocenters. The first-order valence-electron chi connectivity index (χ1n) is 14.5. The first-order valence-corrected chi connectivity index (χ1v) is 15.9. The summed E-state index contributed by atoms with van der Waals surface area (Å²) in [7, 11) is -4.28. The Morgan fingerprint density at radius 3 is 2.55 bits per heavy atom. The molecule has 0 aromatic carbocycles. The lowest BCUT2D eigenvalue weighted by Gasteiger charge is -2.34. The van der Waals surface area contributed by atoms with Crippen LogP contribution in [-0.2, 0) is 22.0 Å². The van der Waals surface area contributed by atoms with Gasteiger partial charge in [0.15, 0.2) is 5.03 Å². The fourth-order valence-corrected chi connectivity index (χ4v) is 7.66. The van der Waals surface area contributed by atoms with Crippen molar-refractivity contribution < 1.29 is 13.2 Å². The van der Waals surface area contributed by atoms with Crippen LogP contribution in [0.4, 0.5) is 11.6 Å². The van der Waals surface area contributed by atoms with Crippen LogP contribution in [0.1, 0.15) is 87.4 Å². The second-order valence-electron chi connectivity index (χ2n) is 13.6. The maximum atomic E-state index is 13.7. The van der Waals surface area contributed by atoms with Gasteiger partial charge in [0.25, 0.3) is 15.9 Å². The van der Waals surface area contributed by atoms with Crippen molar-refractivity contribution in [3.63, 3.8) is 0 Å². The number of nitrogens with zero attached hydrogens (tertiary/aromatic N) is 4. The molecule has 11 heteroatoms. The van der Waals surface area contributed by atoms with Crippen LogP contribution >= 0.6 is 0 Å². The molecule has 3 aliphatic rings. The van der Waals surface area contributed by atoms with Gasteiger partial charge >= 0.3 is 0 Å². The number of carbonyl (C=O) groups is 1. The highest BCUT2D eigenvalue weighted by Crippen LogP contribution is 2.65. The van der Waals surface area contributed by atoms with Crippen molar-refractivity contribution in [1.29, 1.82) is 0 Å². The summed E-state index contributed by atoms with van der Waals surface area (Å²) in [5.74, 6) is 0.580. The molecule has 2 aliphatic heterocycles. The van der Waals surface area contributed by atoms with Crippen molar-refractivity contribution in [3.05, 3.63) is 71.2 Å². The van der Waals surface area contributed by atoms with Crippen LogP contribution in [0, 0.1) is 11.3 Å². The molecule has 222 valence electrons. The molecular formula is C31H39N7O3S. The topological polar surface area (TPSA) is 143 Å². The summed E-state index contributed by atoms with van der Waals surface area (Å²) in [6.07, 6.45) is 2.77. The number of amides is 1. The van der Waals surface area contributed by atoms with Gasteiger partial charge in [-0.25, -0.2) is 14.7 Å². The normalized spacial score (nSPS) is 26.1. The average Bonchev–Trinajstić information content (AvgIpc) is 3.50. The quantitative estimate of drug-likeness (QED) is 0.399. The molecule has 1 saturated carbocycles. The van der Waals surface area contributed by atoms with Gasteiger partial charge in [-0.1, -0.05) is 32.9 Å². The van der Waals surface area contributed by atoms with E-state index in [0.29, 0.717) is 24.1 Å². The Kier molecular flexibility index (Phi) is 6.62. The van der Waals surface area contributed by atoms with E-state index >= 15 is 0 Å². The number of rotatable bonds is 2. The summed E-state index contributed by atoms with van der Waals surface area (Å²) in [5, 5.41) is 3.22. The summed E-state index contributed by atoms with van der Waals surface area (Å²) in [5.41, 5.74) is 8.09. The van der Waals surface area contributed by atoms with Crippen LogP contribution in [0.25, 0.3) is 0 Å². The lowest BCUT2D eigenvalue weighted by molar-refractivity contribution is 0.0981. The van der Waals surface area contributed by atoms with E-state index in [9.17, 15) is 13.2 Å². The van der Waals surface area contributed by atoms with E-state index in [1.807, 2.05) is 24.3 Å². The molecule has 4 N–H and O–H groups in total. The Morgan fingerprint density at radius 1 is 1.05 bits per heavy atom. The Labute approximate surface area is 247 Å². The van der Waals surface area contributed by atoms with Gasteiger partial charge < -0.3 is 16.0 Å². The van der Waals surface area contributed by atoms with Crippen LogP contribution in [0.15, 0.2) is 53.6 Å². The zero-order valence-corrected chi connectivity index (χ0v) is 25.6. The van der Waals surface area contributed by atoms with Gasteiger partial charge in [-0.2, -0.15) is 8.42 Å². The third kappa shape index (κ3) is 5.13. The molecule has 1 amide bonds. The number of carbonyl (C=O) groups excluding carboxylic acids is 1. The molecular weight excluding hydrogens is 550 g/mol. The predicted octanol–water partition coefficient (Wildman–Crippen LogP) is 4.30. The highest BCUT2D eigenvalue weighted by atomic mass is 32.2. The molecule has 3 aromatic rings. The van der Waals surface area contributed by atoms with E-state index in [1.165, 1.54) is 6.07 Å². The SMILES string of the molecule is CC(C)(C)c1ccc2c(n1)N1CC3(CC3C[C@H](c3cccc(CN)n3)Nc3cccc(n3)S(=O)(=O)NC2=O)CC1(C)C. The van der Waals surface area contributed by atoms with Gasteiger partial charge in [0.2, 0.25) is 0 Å². The Bertz CT molecular complexity index is 1670. The first kappa shape index (κ1) is 28.5. The molecule has 1 saturated heterocycles. The maximum Gasteiger partial charge on any atom is 0.281 e. The summed E-state index contributed by atoms with van der Waals surface area (Å²) in [6.45, 7) is 11.6. The van der Waals surface area contributed by atoms with Gasteiger partial charge in [-0.05, 0) is 80.8 Å². The Hall–Kier alpha value is -3.57. The van der Waals surface area contributed by atoms with Gasteiger partial charge in [0, 0.05) is 29.7 Å². The lowest BCUT2D eigenvalue weighted by Crippen LogP contribution is -2.41. The molecule has 2 unspecified atom stereocenters. The summed E-state index contributed by atoms with van der Waals surface area (Å²) >= 11 is 0. The third-order valence-electron chi connectivity index (χ3n) is 8.95. The first-order chi connectivity index (χ1) is 19.7. The van der Waals surface area contributed by atoms with Crippen LogP contribution in [0.3, 0.4) is 0 Å². The molecule has 0 radical (unpaired) electrons. The highest BCUT2D eigenvalue weighted by molar-refractivity contribution is 7.90. The number of nitrogens with two attached hydrogens (primary N) is 1. The van der Waals surface area contributed by atoms with Gasteiger partial charge in [0.1, 0.15) is 11.6 Å². The van der Waals surface area contributed by atoms with Crippen molar-refractivity contribution in [2.24, 2.45) is 17.1 Å². The molecule has 1 spiro atoms. The second kappa shape index (κ2) is 9.74. The van der Waals surface area contributed by atoms with Gasteiger partial charge in [-0.3, -0.25) is 9.78 Å². The van der Waals surface area contributed by atoms with E-state index in [1.54, 1.807) is 18.2 Å². The number of hydrogen-bond acceptors (Lipinski definition) is 9. The van der Waals surface area contributed by atoms with Crippen LogP contribution in [-0.4, -0.2) is 41.4 Å². The molecule has 4 bridgehead atoms. The predicted molar refractivity (Wildman–Crippen MR) is 162 cm³/mol. The summed E-state index contributed by atoms with van der Waals surface area (Å²) in [6, 6.07) is 13.9.